The lowest BCUT2D eigenvalue weighted by atomic mass is 10.0. The second-order valence-corrected chi connectivity index (χ2v) is 5.06. The number of aliphatic hydroxyl groups is 1. The molecule has 5 nitrogen and oxygen atoms in total. The van der Waals surface area contributed by atoms with Crippen LogP contribution in [0.5, 0.6) is 0 Å². The molecule has 5 heteroatoms. The molecular formula is C13H22N2O3. The number of carbonyl (C=O) groups is 1. The SMILES string of the molecule is Cc1noc(C)c1CC(=O)NC(CO)CC(C)C. The van der Waals surface area contributed by atoms with Gasteiger partial charge in [0.15, 0.2) is 0 Å². The zero-order valence-electron chi connectivity index (χ0n) is 11.5. The Labute approximate surface area is 108 Å². The summed E-state index contributed by atoms with van der Waals surface area (Å²) in [5.74, 6) is 0.998. The molecule has 0 aliphatic rings. The highest BCUT2D eigenvalue weighted by atomic mass is 16.5. The van der Waals surface area contributed by atoms with E-state index in [-0.39, 0.29) is 25.0 Å². The first-order valence-corrected chi connectivity index (χ1v) is 6.26. The Morgan fingerprint density at radius 2 is 2.11 bits per heavy atom. The second-order valence-electron chi connectivity index (χ2n) is 5.06. The molecule has 1 aromatic rings. The molecule has 102 valence electrons. The molecule has 1 amide bonds. The van der Waals surface area contributed by atoms with Crippen LogP contribution in [0.2, 0.25) is 0 Å². The average Bonchev–Trinajstić information content (AvgIpc) is 2.59. The number of hydrogen-bond acceptors (Lipinski definition) is 4. The molecule has 1 atom stereocenters. The lowest BCUT2D eigenvalue weighted by Crippen LogP contribution is -2.39. The number of amides is 1. The van der Waals surface area contributed by atoms with E-state index < -0.39 is 0 Å². The van der Waals surface area contributed by atoms with Gasteiger partial charge in [-0.15, -0.1) is 0 Å². The van der Waals surface area contributed by atoms with Crippen LogP contribution in [0.4, 0.5) is 0 Å². The van der Waals surface area contributed by atoms with Crippen molar-refractivity contribution < 1.29 is 14.4 Å². The van der Waals surface area contributed by atoms with Crippen LogP contribution in [0.1, 0.15) is 37.3 Å². The van der Waals surface area contributed by atoms with Crippen LogP contribution < -0.4 is 5.32 Å². The van der Waals surface area contributed by atoms with Gasteiger partial charge in [-0.1, -0.05) is 19.0 Å². The van der Waals surface area contributed by atoms with Gasteiger partial charge in [-0.2, -0.15) is 0 Å². The van der Waals surface area contributed by atoms with Crippen LogP contribution in [0, 0.1) is 19.8 Å². The fourth-order valence-electron chi connectivity index (χ4n) is 1.94. The molecule has 0 radical (unpaired) electrons. The number of hydrogen-bond donors (Lipinski definition) is 2. The Kier molecular flexibility index (Phi) is 5.34. The molecule has 0 saturated carbocycles. The first-order valence-electron chi connectivity index (χ1n) is 6.26. The quantitative estimate of drug-likeness (QED) is 0.803. The predicted molar refractivity (Wildman–Crippen MR) is 68.2 cm³/mol. The van der Waals surface area contributed by atoms with Crippen LogP contribution in [0.25, 0.3) is 0 Å². The van der Waals surface area contributed by atoms with E-state index in [2.05, 4.69) is 24.3 Å². The fourth-order valence-corrected chi connectivity index (χ4v) is 1.94. The third kappa shape index (κ3) is 4.14. The molecule has 0 aliphatic carbocycles. The second kappa shape index (κ2) is 6.54. The number of aliphatic hydroxyl groups excluding tert-OH is 1. The van der Waals surface area contributed by atoms with E-state index in [1.165, 1.54) is 0 Å². The molecule has 2 N–H and O–H groups in total. The molecular weight excluding hydrogens is 232 g/mol. The minimum atomic E-state index is -0.182. The maximum Gasteiger partial charge on any atom is 0.224 e. The van der Waals surface area contributed by atoms with Crippen molar-refractivity contribution in [3.05, 3.63) is 17.0 Å². The molecule has 1 aromatic heterocycles. The van der Waals surface area contributed by atoms with Gasteiger partial charge in [-0.05, 0) is 26.2 Å². The summed E-state index contributed by atoms with van der Waals surface area (Å²) in [5, 5.41) is 15.9. The number of carbonyl (C=O) groups excluding carboxylic acids is 1. The zero-order chi connectivity index (χ0) is 13.7. The van der Waals surface area contributed by atoms with Crippen molar-refractivity contribution in [3.8, 4) is 0 Å². The van der Waals surface area contributed by atoms with E-state index >= 15 is 0 Å². The number of aromatic nitrogens is 1. The normalized spacial score (nSPS) is 12.8. The number of nitrogens with zero attached hydrogens (tertiary/aromatic N) is 1. The highest BCUT2D eigenvalue weighted by Crippen LogP contribution is 2.13. The van der Waals surface area contributed by atoms with Gasteiger partial charge in [0, 0.05) is 5.56 Å². The molecule has 1 rings (SSSR count). The van der Waals surface area contributed by atoms with E-state index in [0.29, 0.717) is 11.7 Å². The lowest BCUT2D eigenvalue weighted by molar-refractivity contribution is -0.121. The number of aryl methyl sites for hydroxylation is 2. The van der Waals surface area contributed by atoms with Crippen molar-refractivity contribution in [2.24, 2.45) is 5.92 Å². The molecule has 0 fully saturated rings. The van der Waals surface area contributed by atoms with Gasteiger partial charge in [0.2, 0.25) is 5.91 Å². The Bertz CT molecular complexity index is 379. The molecule has 0 spiro atoms. The topological polar surface area (TPSA) is 75.4 Å². The van der Waals surface area contributed by atoms with Crippen LogP contribution >= 0.6 is 0 Å². The van der Waals surface area contributed by atoms with Gasteiger partial charge in [0.25, 0.3) is 0 Å². The lowest BCUT2D eigenvalue weighted by Gasteiger charge is -2.18. The van der Waals surface area contributed by atoms with Crippen LogP contribution in [-0.4, -0.2) is 28.8 Å². The predicted octanol–water partition coefficient (Wildman–Crippen LogP) is 1.36. The minimum Gasteiger partial charge on any atom is -0.394 e. The van der Waals surface area contributed by atoms with Crippen LogP contribution in [-0.2, 0) is 11.2 Å². The van der Waals surface area contributed by atoms with E-state index in [1.54, 1.807) is 6.92 Å². The summed E-state index contributed by atoms with van der Waals surface area (Å²) in [6.45, 7) is 7.69. The van der Waals surface area contributed by atoms with E-state index in [4.69, 9.17) is 4.52 Å². The molecule has 0 aromatic carbocycles. The van der Waals surface area contributed by atoms with Crippen molar-refractivity contribution in [1.29, 1.82) is 0 Å². The van der Waals surface area contributed by atoms with E-state index in [9.17, 15) is 9.90 Å². The summed E-state index contributed by atoms with van der Waals surface area (Å²) in [4.78, 5) is 11.9. The molecule has 1 unspecified atom stereocenters. The smallest absolute Gasteiger partial charge is 0.224 e. The number of nitrogens with one attached hydrogen (secondary N) is 1. The maximum absolute atomic E-state index is 11.9. The van der Waals surface area contributed by atoms with Gasteiger partial charge in [-0.25, -0.2) is 0 Å². The standard InChI is InChI=1S/C13H22N2O3/c1-8(2)5-11(7-16)14-13(17)6-12-9(3)15-18-10(12)4/h8,11,16H,5-7H2,1-4H3,(H,14,17). The Balaban J connectivity index is 2.55. The summed E-state index contributed by atoms with van der Waals surface area (Å²) in [5.41, 5.74) is 1.57. The molecule has 0 bridgehead atoms. The third-order valence-corrected chi connectivity index (χ3v) is 2.86. The van der Waals surface area contributed by atoms with Gasteiger partial charge in [0.1, 0.15) is 5.76 Å². The Morgan fingerprint density at radius 1 is 1.44 bits per heavy atom. The average molecular weight is 254 g/mol. The van der Waals surface area contributed by atoms with E-state index in [1.807, 2.05) is 6.92 Å². The largest absolute Gasteiger partial charge is 0.394 e. The molecule has 1 heterocycles. The Morgan fingerprint density at radius 3 is 2.56 bits per heavy atom. The van der Waals surface area contributed by atoms with Crippen molar-refractivity contribution >= 4 is 5.91 Å². The third-order valence-electron chi connectivity index (χ3n) is 2.86. The number of rotatable bonds is 6. The van der Waals surface area contributed by atoms with Crippen molar-refractivity contribution in [2.75, 3.05) is 6.61 Å². The highest BCUT2D eigenvalue weighted by Gasteiger charge is 2.17. The van der Waals surface area contributed by atoms with Crippen molar-refractivity contribution in [1.82, 2.24) is 10.5 Å². The summed E-state index contributed by atoms with van der Waals surface area (Å²) in [7, 11) is 0. The summed E-state index contributed by atoms with van der Waals surface area (Å²) in [6, 6.07) is -0.182. The first kappa shape index (κ1) is 14.7. The van der Waals surface area contributed by atoms with E-state index in [0.717, 1.165) is 17.7 Å². The van der Waals surface area contributed by atoms with Crippen molar-refractivity contribution in [2.45, 2.75) is 46.6 Å². The van der Waals surface area contributed by atoms with Crippen LogP contribution in [0.15, 0.2) is 4.52 Å². The van der Waals surface area contributed by atoms with Gasteiger partial charge < -0.3 is 14.9 Å². The summed E-state index contributed by atoms with van der Waals surface area (Å²) >= 11 is 0. The highest BCUT2D eigenvalue weighted by molar-refractivity contribution is 5.79. The monoisotopic (exact) mass is 254 g/mol. The fraction of sp³-hybridized carbons (Fsp3) is 0.692. The minimum absolute atomic E-state index is 0.0362. The van der Waals surface area contributed by atoms with Crippen LogP contribution in [0.3, 0.4) is 0 Å². The molecule has 0 aliphatic heterocycles. The zero-order valence-corrected chi connectivity index (χ0v) is 11.5. The molecule has 18 heavy (non-hydrogen) atoms. The van der Waals surface area contributed by atoms with Gasteiger partial charge in [0.05, 0.1) is 24.8 Å². The Hall–Kier alpha value is -1.36. The van der Waals surface area contributed by atoms with Gasteiger partial charge in [-0.3, -0.25) is 4.79 Å². The summed E-state index contributed by atoms with van der Waals surface area (Å²) < 4.78 is 5.01. The molecule has 0 saturated heterocycles. The summed E-state index contributed by atoms with van der Waals surface area (Å²) in [6.07, 6.45) is 1.01. The van der Waals surface area contributed by atoms with Crippen molar-refractivity contribution in [3.63, 3.8) is 0 Å². The first-order chi connectivity index (χ1) is 8.43. The maximum atomic E-state index is 11.9. The van der Waals surface area contributed by atoms with Gasteiger partial charge >= 0.3 is 0 Å².